The number of hydrogen-bond acceptors (Lipinski definition) is 1. The van der Waals surface area contributed by atoms with Gasteiger partial charge >= 0.3 is 0 Å². The van der Waals surface area contributed by atoms with Crippen LogP contribution >= 0.6 is 0 Å². The van der Waals surface area contributed by atoms with Gasteiger partial charge < -0.3 is 0 Å². The molecule has 0 saturated heterocycles. The van der Waals surface area contributed by atoms with Crippen molar-refractivity contribution in [3.8, 4) is 0 Å². The topological polar surface area (TPSA) is 12.9 Å². The minimum atomic E-state index is 1.07. The fourth-order valence-electron chi connectivity index (χ4n) is 0.991. The first-order valence-corrected chi connectivity index (χ1v) is 4.76. The van der Waals surface area contributed by atoms with Gasteiger partial charge in [-0.05, 0) is 38.5 Å². The van der Waals surface area contributed by atoms with E-state index in [2.05, 4.69) is 31.0 Å². The van der Waals surface area contributed by atoms with Crippen molar-refractivity contribution in [3.05, 3.63) is 35.2 Å². The highest BCUT2D eigenvalue weighted by Crippen LogP contribution is 2.05. The zero-order valence-corrected chi connectivity index (χ0v) is 9.26. The number of aryl methyl sites for hydroxylation is 1. The molecule has 0 aliphatic rings. The first kappa shape index (κ1) is 11.9. The van der Waals surface area contributed by atoms with Crippen LogP contribution in [0.2, 0.25) is 0 Å². The van der Waals surface area contributed by atoms with Gasteiger partial charge in [0.05, 0.1) is 0 Å². The summed E-state index contributed by atoms with van der Waals surface area (Å²) in [4.78, 5) is 4.12. The summed E-state index contributed by atoms with van der Waals surface area (Å²) in [7, 11) is 0. The maximum absolute atomic E-state index is 4.12. The number of allylic oxidation sites excluding steroid dienone is 1. The van der Waals surface area contributed by atoms with Gasteiger partial charge in [0.25, 0.3) is 0 Å². The molecule has 0 amide bonds. The first-order valence-electron chi connectivity index (χ1n) is 4.76. The van der Waals surface area contributed by atoms with Crippen molar-refractivity contribution in [1.82, 2.24) is 4.98 Å². The minimum absolute atomic E-state index is 1.07. The van der Waals surface area contributed by atoms with Gasteiger partial charge in [-0.2, -0.15) is 0 Å². The Hall–Kier alpha value is -1.11. The van der Waals surface area contributed by atoms with E-state index in [-0.39, 0.29) is 0 Å². The molecule has 0 aliphatic carbocycles. The molecule has 1 aromatic rings. The molecule has 0 radical (unpaired) electrons. The van der Waals surface area contributed by atoms with E-state index < -0.39 is 0 Å². The lowest BCUT2D eigenvalue weighted by molar-refractivity contribution is 1.19. The summed E-state index contributed by atoms with van der Waals surface area (Å²) < 4.78 is 0. The average molecular weight is 177 g/mol. The molecule has 13 heavy (non-hydrogen) atoms. The summed E-state index contributed by atoms with van der Waals surface area (Å²) in [5.74, 6) is 0. The van der Waals surface area contributed by atoms with Crippen LogP contribution in [0.1, 0.15) is 39.0 Å². The van der Waals surface area contributed by atoms with Crippen molar-refractivity contribution in [2.75, 3.05) is 0 Å². The van der Waals surface area contributed by atoms with Crippen molar-refractivity contribution in [1.29, 1.82) is 0 Å². The van der Waals surface area contributed by atoms with Crippen LogP contribution in [0.5, 0.6) is 0 Å². The van der Waals surface area contributed by atoms with Crippen LogP contribution in [-0.4, -0.2) is 4.98 Å². The fourth-order valence-corrected chi connectivity index (χ4v) is 0.991. The van der Waals surface area contributed by atoms with E-state index in [0.29, 0.717) is 0 Å². The Kier molecular flexibility index (Phi) is 5.86. The monoisotopic (exact) mass is 177 g/mol. The van der Waals surface area contributed by atoms with Crippen molar-refractivity contribution in [3.63, 3.8) is 0 Å². The zero-order chi connectivity index (χ0) is 10.3. The van der Waals surface area contributed by atoms with Gasteiger partial charge in [0.2, 0.25) is 0 Å². The lowest BCUT2D eigenvalue weighted by Gasteiger charge is -1.95. The van der Waals surface area contributed by atoms with Crippen LogP contribution in [0.4, 0.5) is 0 Å². The molecule has 1 aromatic heterocycles. The SMILES string of the molecule is CC.CC(C)=Cc1ccnc(C)c1. The van der Waals surface area contributed by atoms with Gasteiger partial charge in [-0.15, -0.1) is 0 Å². The molecule has 0 aromatic carbocycles. The van der Waals surface area contributed by atoms with E-state index in [0.717, 1.165) is 5.69 Å². The Morgan fingerprint density at radius 2 is 1.92 bits per heavy atom. The zero-order valence-electron chi connectivity index (χ0n) is 9.26. The quantitative estimate of drug-likeness (QED) is 0.635. The molecule has 1 heterocycles. The number of rotatable bonds is 1. The summed E-state index contributed by atoms with van der Waals surface area (Å²) >= 11 is 0. The summed E-state index contributed by atoms with van der Waals surface area (Å²) in [5.41, 5.74) is 3.62. The van der Waals surface area contributed by atoms with Gasteiger partial charge in [0.1, 0.15) is 0 Å². The van der Waals surface area contributed by atoms with Crippen LogP contribution in [0.3, 0.4) is 0 Å². The summed E-state index contributed by atoms with van der Waals surface area (Å²) in [6, 6.07) is 4.09. The molecule has 0 saturated carbocycles. The first-order chi connectivity index (χ1) is 6.18. The summed E-state index contributed by atoms with van der Waals surface area (Å²) in [6.07, 6.45) is 3.98. The molecule has 0 bridgehead atoms. The van der Waals surface area contributed by atoms with Crippen molar-refractivity contribution in [2.45, 2.75) is 34.6 Å². The maximum Gasteiger partial charge on any atom is 0.0378 e. The Morgan fingerprint density at radius 1 is 1.31 bits per heavy atom. The van der Waals surface area contributed by atoms with E-state index in [4.69, 9.17) is 0 Å². The molecule has 0 aliphatic heterocycles. The molecular weight excluding hydrogens is 158 g/mol. The molecule has 0 spiro atoms. The predicted octanol–water partition coefficient (Wildman–Crippen LogP) is 3.84. The molecule has 0 atom stereocenters. The van der Waals surface area contributed by atoms with Crippen LogP contribution < -0.4 is 0 Å². The summed E-state index contributed by atoms with van der Waals surface area (Å²) in [6.45, 7) is 10.2. The standard InChI is InChI=1S/C10H13N.C2H6/c1-8(2)6-10-4-5-11-9(3)7-10;1-2/h4-7H,1-3H3;1-2H3. The predicted molar refractivity (Wildman–Crippen MR) is 59.6 cm³/mol. The third kappa shape index (κ3) is 5.18. The number of pyridine rings is 1. The van der Waals surface area contributed by atoms with E-state index in [1.165, 1.54) is 11.1 Å². The van der Waals surface area contributed by atoms with Gasteiger partial charge in [0.15, 0.2) is 0 Å². The fraction of sp³-hybridized carbons (Fsp3) is 0.417. The van der Waals surface area contributed by atoms with Gasteiger partial charge in [-0.3, -0.25) is 4.98 Å². The Morgan fingerprint density at radius 3 is 2.38 bits per heavy atom. The van der Waals surface area contributed by atoms with Crippen LogP contribution in [0.25, 0.3) is 6.08 Å². The molecule has 0 fully saturated rings. The van der Waals surface area contributed by atoms with Gasteiger partial charge in [0, 0.05) is 11.9 Å². The van der Waals surface area contributed by atoms with Crippen LogP contribution in [0, 0.1) is 6.92 Å². The second-order valence-corrected chi connectivity index (χ2v) is 2.95. The third-order valence-electron chi connectivity index (χ3n) is 1.38. The second kappa shape index (κ2) is 6.41. The molecule has 1 heteroatoms. The third-order valence-corrected chi connectivity index (χ3v) is 1.38. The second-order valence-electron chi connectivity index (χ2n) is 2.95. The maximum atomic E-state index is 4.12. The highest BCUT2D eigenvalue weighted by atomic mass is 14.6. The lowest BCUT2D eigenvalue weighted by Crippen LogP contribution is -1.80. The molecule has 0 N–H and O–H groups in total. The number of nitrogens with zero attached hydrogens (tertiary/aromatic N) is 1. The molecule has 1 nitrogen and oxygen atoms in total. The van der Waals surface area contributed by atoms with E-state index in [9.17, 15) is 0 Å². The summed E-state index contributed by atoms with van der Waals surface area (Å²) in [5, 5.41) is 0. The Bertz CT molecular complexity index is 270. The van der Waals surface area contributed by atoms with Gasteiger partial charge in [-0.25, -0.2) is 0 Å². The largest absolute Gasteiger partial charge is 0.262 e. The number of hydrogen-bond donors (Lipinski definition) is 0. The highest BCUT2D eigenvalue weighted by Gasteiger charge is 1.87. The van der Waals surface area contributed by atoms with E-state index in [1.54, 1.807) is 0 Å². The smallest absolute Gasteiger partial charge is 0.0378 e. The van der Waals surface area contributed by atoms with Gasteiger partial charge in [-0.1, -0.05) is 25.5 Å². The molecule has 0 unspecified atom stereocenters. The van der Waals surface area contributed by atoms with Crippen molar-refractivity contribution in [2.24, 2.45) is 0 Å². The van der Waals surface area contributed by atoms with Crippen LogP contribution in [-0.2, 0) is 0 Å². The lowest BCUT2D eigenvalue weighted by atomic mass is 10.2. The van der Waals surface area contributed by atoms with E-state index in [1.807, 2.05) is 33.0 Å². The van der Waals surface area contributed by atoms with Crippen LogP contribution in [0.15, 0.2) is 23.9 Å². The Labute approximate surface area is 81.5 Å². The minimum Gasteiger partial charge on any atom is -0.262 e. The van der Waals surface area contributed by atoms with Crippen molar-refractivity contribution >= 4 is 6.08 Å². The molecular formula is C12H19N. The Balaban J connectivity index is 0.000000671. The molecule has 72 valence electrons. The van der Waals surface area contributed by atoms with E-state index >= 15 is 0 Å². The average Bonchev–Trinajstić information content (AvgIpc) is 2.06. The normalized spacial score (nSPS) is 8.38. The molecule has 1 rings (SSSR count). The van der Waals surface area contributed by atoms with Crippen molar-refractivity contribution < 1.29 is 0 Å². The highest BCUT2D eigenvalue weighted by molar-refractivity contribution is 5.51. The number of aromatic nitrogens is 1.